The number of carbonyl (C=O) groups excluding carboxylic acids is 1. The molecule has 0 radical (unpaired) electrons. The first kappa shape index (κ1) is 12.3. The zero-order valence-electron chi connectivity index (χ0n) is 11.1. The van der Waals surface area contributed by atoms with Crippen LogP contribution in [0, 0.1) is 0 Å². The van der Waals surface area contributed by atoms with Crippen molar-refractivity contribution in [3.05, 3.63) is 29.3 Å². The van der Waals surface area contributed by atoms with Crippen molar-refractivity contribution in [2.75, 3.05) is 6.54 Å². The molecule has 1 aromatic rings. The van der Waals surface area contributed by atoms with Gasteiger partial charge in [-0.1, -0.05) is 18.9 Å². The van der Waals surface area contributed by atoms with Crippen molar-refractivity contribution in [3.8, 4) is 5.75 Å². The van der Waals surface area contributed by atoms with Crippen LogP contribution in [0.15, 0.2) is 18.2 Å². The van der Waals surface area contributed by atoms with Crippen molar-refractivity contribution in [2.45, 2.75) is 44.7 Å². The lowest BCUT2D eigenvalue weighted by molar-refractivity contribution is 0.188. The summed E-state index contributed by atoms with van der Waals surface area (Å²) in [4.78, 5) is 14.0. The number of phenolic OH excluding ortho intramolecular Hbond substituents is 1. The van der Waals surface area contributed by atoms with Crippen LogP contribution in [0.3, 0.4) is 0 Å². The number of rotatable bonds is 1. The zero-order chi connectivity index (χ0) is 13.2. The van der Waals surface area contributed by atoms with Crippen LogP contribution in [-0.4, -0.2) is 28.6 Å². The number of carbonyl (C=O) groups is 1. The maximum absolute atomic E-state index is 12.2. The number of urea groups is 1. The van der Waals surface area contributed by atoms with E-state index < -0.39 is 0 Å². The van der Waals surface area contributed by atoms with Crippen LogP contribution in [0.2, 0.25) is 0 Å². The Hall–Kier alpha value is -1.71. The second kappa shape index (κ2) is 5.11. The van der Waals surface area contributed by atoms with Crippen molar-refractivity contribution in [1.29, 1.82) is 0 Å². The molecular weight excluding hydrogens is 240 g/mol. The standard InChI is InChI=1S/C15H20N2O2/c18-14-6-5-11-7-8-17(10-12(11)9-14)15(19)16-13-3-1-2-4-13/h5-6,9,13,18H,1-4,7-8,10H2,(H,16,19). The molecule has 1 fully saturated rings. The molecule has 1 aromatic carbocycles. The van der Waals surface area contributed by atoms with Crippen LogP contribution in [-0.2, 0) is 13.0 Å². The highest BCUT2D eigenvalue weighted by Gasteiger charge is 2.24. The Labute approximate surface area is 113 Å². The molecule has 102 valence electrons. The minimum atomic E-state index is 0.0425. The molecule has 0 bridgehead atoms. The van der Waals surface area contributed by atoms with E-state index in [0.29, 0.717) is 12.6 Å². The quantitative estimate of drug-likeness (QED) is 0.814. The number of nitrogens with zero attached hydrogens (tertiary/aromatic N) is 1. The van der Waals surface area contributed by atoms with E-state index in [1.54, 1.807) is 12.1 Å². The average Bonchev–Trinajstić information content (AvgIpc) is 2.90. The first-order valence-corrected chi connectivity index (χ1v) is 7.08. The first-order valence-electron chi connectivity index (χ1n) is 7.08. The van der Waals surface area contributed by atoms with Gasteiger partial charge in [-0.25, -0.2) is 4.79 Å². The van der Waals surface area contributed by atoms with E-state index in [1.165, 1.54) is 18.4 Å². The van der Waals surface area contributed by atoms with E-state index in [9.17, 15) is 9.90 Å². The first-order chi connectivity index (χ1) is 9.22. The summed E-state index contributed by atoms with van der Waals surface area (Å²) in [6, 6.07) is 5.84. The molecule has 2 aliphatic rings. The van der Waals surface area contributed by atoms with Gasteiger partial charge in [-0.2, -0.15) is 0 Å². The van der Waals surface area contributed by atoms with Gasteiger partial charge in [0.15, 0.2) is 0 Å². The molecule has 2 N–H and O–H groups in total. The molecule has 4 heteroatoms. The Morgan fingerprint density at radius 1 is 1.26 bits per heavy atom. The Kier molecular flexibility index (Phi) is 3.32. The third-order valence-electron chi connectivity index (χ3n) is 4.17. The Bertz CT molecular complexity index is 481. The molecule has 3 rings (SSSR count). The Morgan fingerprint density at radius 3 is 2.84 bits per heavy atom. The molecule has 1 saturated carbocycles. The Balaban J connectivity index is 1.65. The largest absolute Gasteiger partial charge is 0.508 e. The van der Waals surface area contributed by atoms with Gasteiger partial charge in [0.1, 0.15) is 5.75 Å². The van der Waals surface area contributed by atoms with Gasteiger partial charge in [0.05, 0.1) is 0 Å². The smallest absolute Gasteiger partial charge is 0.317 e. The SMILES string of the molecule is O=C(NC1CCCC1)N1CCc2ccc(O)cc2C1. The number of fused-ring (bicyclic) bond motifs is 1. The van der Waals surface area contributed by atoms with E-state index in [4.69, 9.17) is 0 Å². The molecule has 1 aliphatic carbocycles. The molecule has 0 spiro atoms. The summed E-state index contributed by atoms with van der Waals surface area (Å²) >= 11 is 0. The molecule has 0 aromatic heterocycles. The van der Waals surface area contributed by atoms with Crippen LogP contribution in [0.1, 0.15) is 36.8 Å². The van der Waals surface area contributed by atoms with Crippen LogP contribution < -0.4 is 5.32 Å². The van der Waals surface area contributed by atoms with Gasteiger partial charge in [0, 0.05) is 19.1 Å². The van der Waals surface area contributed by atoms with Gasteiger partial charge < -0.3 is 15.3 Å². The maximum atomic E-state index is 12.2. The number of hydrogen-bond donors (Lipinski definition) is 2. The number of amides is 2. The number of aromatic hydroxyl groups is 1. The topological polar surface area (TPSA) is 52.6 Å². The fourth-order valence-corrected chi connectivity index (χ4v) is 3.05. The maximum Gasteiger partial charge on any atom is 0.317 e. The number of phenols is 1. The minimum absolute atomic E-state index is 0.0425. The Morgan fingerprint density at radius 2 is 2.05 bits per heavy atom. The van der Waals surface area contributed by atoms with Crippen LogP contribution in [0.4, 0.5) is 4.79 Å². The molecular formula is C15H20N2O2. The predicted molar refractivity (Wildman–Crippen MR) is 73.0 cm³/mol. The van der Waals surface area contributed by atoms with Gasteiger partial charge in [-0.3, -0.25) is 0 Å². The van der Waals surface area contributed by atoms with Crippen LogP contribution in [0.25, 0.3) is 0 Å². The monoisotopic (exact) mass is 260 g/mol. The lowest BCUT2D eigenvalue weighted by Gasteiger charge is -2.30. The molecule has 1 heterocycles. The van der Waals surface area contributed by atoms with E-state index >= 15 is 0 Å². The van der Waals surface area contributed by atoms with Crippen molar-refractivity contribution in [2.24, 2.45) is 0 Å². The van der Waals surface area contributed by atoms with Crippen molar-refractivity contribution in [1.82, 2.24) is 10.2 Å². The number of nitrogens with one attached hydrogen (secondary N) is 1. The number of benzene rings is 1. The van der Waals surface area contributed by atoms with Crippen LogP contribution in [0.5, 0.6) is 5.75 Å². The van der Waals surface area contributed by atoms with Gasteiger partial charge in [0.25, 0.3) is 0 Å². The third-order valence-corrected chi connectivity index (χ3v) is 4.17. The highest BCUT2D eigenvalue weighted by molar-refractivity contribution is 5.75. The highest BCUT2D eigenvalue weighted by Crippen LogP contribution is 2.24. The molecule has 4 nitrogen and oxygen atoms in total. The molecule has 0 atom stereocenters. The summed E-state index contributed by atoms with van der Waals surface area (Å²) in [7, 11) is 0. The van der Waals surface area contributed by atoms with E-state index in [0.717, 1.165) is 31.4 Å². The van der Waals surface area contributed by atoms with Crippen molar-refractivity contribution in [3.63, 3.8) is 0 Å². The fourth-order valence-electron chi connectivity index (χ4n) is 3.05. The van der Waals surface area contributed by atoms with Gasteiger partial charge >= 0.3 is 6.03 Å². The van der Waals surface area contributed by atoms with Crippen molar-refractivity contribution < 1.29 is 9.90 Å². The lowest BCUT2D eigenvalue weighted by Crippen LogP contribution is -2.45. The second-order valence-electron chi connectivity index (χ2n) is 5.56. The number of hydrogen-bond acceptors (Lipinski definition) is 2. The summed E-state index contributed by atoms with van der Waals surface area (Å²) in [5, 5.41) is 12.6. The van der Waals surface area contributed by atoms with Gasteiger partial charge in [-0.05, 0) is 42.5 Å². The third kappa shape index (κ3) is 2.67. The summed E-state index contributed by atoms with van der Waals surface area (Å²) in [6.45, 7) is 1.36. The molecule has 0 saturated heterocycles. The molecule has 0 unspecified atom stereocenters. The summed E-state index contributed by atoms with van der Waals surface area (Å²) < 4.78 is 0. The van der Waals surface area contributed by atoms with E-state index in [-0.39, 0.29) is 11.8 Å². The minimum Gasteiger partial charge on any atom is -0.508 e. The molecule has 1 aliphatic heterocycles. The van der Waals surface area contributed by atoms with Gasteiger partial charge in [0.2, 0.25) is 0 Å². The zero-order valence-corrected chi connectivity index (χ0v) is 11.1. The summed E-state index contributed by atoms with van der Waals surface area (Å²) in [6.07, 6.45) is 5.53. The predicted octanol–water partition coefficient (Wildman–Crippen LogP) is 2.40. The average molecular weight is 260 g/mol. The molecule has 2 amide bonds. The van der Waals surface area contributed by atoms with Crippen LogP contribution >= 0.6 is 0 Å². The fraction of sp³-hybridized carbons (Fsp3) is 0.533. The lowest BCUT2D eigenvalue weighted by atomic mass is 10.00. The highest BCUT2D eigenvalue weighted by atomic mass is 16.3. The summed E-state index contributed by atoms with van der Waals surface area (Å²) in [5.74, 6) is 0.275. The van der Waals surface area contributed by atoms with Gasteiger partial charge in [-0.15, -0.1) is 0 Å². The molecule has 19 heavy (non-hydrogen) atoms. The van der Waals surface area contributed by atoms with Crippen molar-refractivity contribution >= 4 is 6.03 Å². The van der Waals surface area contributed by atoms with E-state index in [1.807, 2.05) is 11.0 Å². The normalized spacial score (nSPS) is 19.3. The second-order valence-corrected chi connectivity index (χ2v) is 5.56. The summed E-state index contributed by atoms with van der Waals surface area (Å²) in [5.41, 5.74) is 2.30. The van der Waals surface area contributed by atoms with E-state index in [2.05, 4.69) is 5.32 Å².